The Bertz CT molecular complexity index is 3300. The molecule has 9 rings (SSSR count). The fourth-order valence-corrected chi connectivity index (χ4v) is 9.01. The molecule has 0 heterocycles. The molecule has 0 saturated heterocycles. The first-order valence-electron chi connectivity index (χ1n) is 26.8. The monoisotopic (exact) mass is 1000 g/mol. The van der Waals surface area contributed by atoms with Crippen LogP contribution in [0.3, 0.4) is 0 Å². The quantitative estimate of drug-likeness (QED) is 0.0846. The third-order valence-electron chi connectivity index (χ3n) is 13.7. The largest absolute Gasteiger partial charge is 0.206 e. The summed E-state index contributed by atoms with van der Waals surface area (Å²) in [7, 11) is 0. The fourth-order valence-electron chi connectivity index (χ4n) is 9.01. The molecule has 76 heavy (non-hydrogen) atoms. The second-order valence-corrected chi connectivity index (χ2v) is 19.3. The molecule has 384 valence electrons. The van der Waals surface area contributed by atoms with E-state index in [0.717, 1.165) is 95.0 Å². The average molecular weight is 1010 g/mol. The SMILES string of the molecule is C/C=C/CCc1ccc(-c2ccc(-c3ccc(C)cc3)c(F)c2)cc1.C/C=C/CCc1ccc(-c2ccc(-c3ccc(C)cc3)cc2F)cc1.C/C=C/CCc1ccc(-c2ccc(-c3ccc(CC)cc3)c(F)c2)cc1. The first kappa shape index (κ1) is 55.7. The Morgan fingerprint density at radius 1 is 0.289 bits per heavy atom. The van der Waals surface area contributed by atoms with Crippen LogP contribution >= 0.6 is 0 Å². The van der Waals surface area contributed by atoms with Crippen LogP contribution in [0.1, 0.15) is 80.3 Å². The maximum Gasteiger partial charge on any atom is 0.131 e. The van der Waals surface area contributed by atoms with Crippen molar-refractivity contribution in [1.29, 1.82) is 0 Å². The highest BCUT2D eigenvalue weighted by Gasteiger charge is 2.11. The lowest BCUT2D eigenvalue weighted by atomic mass is 9.97. The Morgan fingerprint density at radius 3 is 0.789 bits per heavy atom. The van der Waals surface area contributed by atoms with Gasteiger partial charge >= 0.3 is 0 Å². The molecule has 0 aromatic heterocycles. The Hall–Kier alpha value is -8.01. The number of hydrogen-bond donors (Lipinski definition) is 0. The molecular formula is C73H71F3. The minimum absolute atomic E-state index is 0.177. The Labute approximate surface area is 451 Å². The highest BCUT2D eigenvalue weighted by Crippen LogP contribution is 2.32. The van der Waals surface area contributed by atoms with Crippen molar-refractivity contribution < 1.29 is 13.2 Å². The number of hydrogen-bond acceptors (Lipinski definition) is 0. The van der Waals surface area contributed by atoms with E-state index in [-0.39, 0.29) is 17.5 Å². The van der Waals surface area contributed by atoms with Gasteiger partial charge in [-0.3, -0.25) is 0 Å². The van der Waals surface area contributed by atoms with Gasteiger partial charge in [0.05, 0.1) is 0 Å². The molecule has 9 aromatic rings. The highest BCUT2D eigenvalue weighted by molar-refractivity contribution is 5.74. The van der Waals surface area contributed by atoms with Crippen molar-refractivity contribution in [3.63, 3.8) is 0 Å². The predicted octanol–water partition coefficient (Wildman–Crippen LogP) is 21.2. The molecular weight excluding hydrogens is 934 g/mol. The molecule has 0 aliphatic carbocycles. The molecule has 0 aliphatic heterocycles. The van der Waals surface area contributed by atoms with Gasteiger partial charge in [0, 0.05) is 16.7 Å². The van der Waals surface area contributed by atoms with Gasteiger partial charge < -0.3 is 0 Å². The van der Waals surface area contributed by atoms with E-state index in [4.69, 9.17) is 0 Å². The number of benzene rings is 9. The van der Waals surface area contributed by atoms with Gasteiger partial charge in [-0.2, -0.15) is 0 Å². The number of rotatable bonds is 16. The summed E-state index contributed by atoms with van der Waals surface area (Å²) in [6.45, 7) is 12.3. The fraction of sp³-hybridized carbons (Fsp3) is 0.178. The van der Waals surface area contributed by atoms with E-state index in [2.05, 4.69) is 123 Å². The molecule has 0 fully saturated rings. The molecule has 0 unspecified atom stereocenters. The van der Waals surface area contributed by atoms with Gasteiger partial charge in [-0.15, -0.1) is 0 Å². The van der Waals surface area contributed by atoms with Crippen LogP contribution in [0.15, 0.2) is 237 Å². The second kappa shape index (κ2) is 28.6. The number of allylic oxidation sites excluding steroid dienone is 6. The summed E-state index contributed by atoms with van der Waals surface area (Å²) >= 11 is 0. The topological polar surface area (TPSA) is 0 Å². The minimum Gasteiger partial charge on any atom is -0.206 e. The van der Waals surface area contributed by atoms with Gasteiger partial charge in [-0.05, 0) is 170 Å². The van der Waals surface area contributed by atoms with Crippen LogP contribution in [-0.2, 0) is 25.7 Å². The van der Waals surface area contributed by atoms with E-state index in [1.54, 1.807) is 18.2 Å². The smallest absolute Gasteiger partial charge is 0.131 e. The molecule has 0 nitrogen and oxygen atoms in total. The van der Waals surface area contributed by atoms with Gasteiger partial charge in [0.1, 0.15) is 17.5 Å². The molecule has 9 aromatic carbocycles. The molecule has 3 heteroatoms. The molecule has 0 atom stereocenters. The van der Waals surface area contributed by atoms with Gasteiger partial charge in [-0.1, -0.05) is 236 Å². The molecule has 0 bridgehead atoms. The van der Waals surface area contributed by atoms with Gasteiger partial charge in [-0.25, -0.2) is 13.2 Å². The molecule has 0 saturated carbocycles. The van der Waals surface area contributed by atoms with Gasteiger partial charge in [0.25, 0.3) is 0 Å². The van der Waals surface area contributed by atoms with Crippen molar-refractivity contribution in [1.82, 2.24) is 0 Å². The lowest BCUT2D eigenvalue weighted by molar-refractivity contribution is 0.631. The highest BCUT2D eigenvalue weighted by atomic mass is 19.1. The van der Waals surface area contributed by atoms with Crippen LogP contribution in [0.25, 0.3) is 66.8 Å². The van der Waals surface area contributed by atoms with E-state index >= 15 is 0 Å². The summed E-state index contributed by atoms with van der Waals surface area (Å²) in [5, 5.41) is 0. The van der Waals surface area contributed by atoms with Crippen LogP contribution in [0.4, 0.5) is 13.2 Å². The van der Waals surface area contributed by atoms with Gasteiger partial charge in [0.15, 0.2) is 0 Å². The zero-order valence-corrected chi connectivity index (χ0v) is 45.1. The first-order chi connectivity index (χ1) is 37.0. The van der Waals surface area contributed by atoms with Crippen molar-refractivity contribution in [2.24, 2.45) is 0 Å². The predicted molar refractivity (Wildman–Crippen MR) is 320 cm³/mol. The second-order valence-electron chi connectivity index (χ2n) is 19.3. The molecule has 0 aliphatic rings. The summed E-state index contributed by atoms with van der Waals surface area (Å²) < 4.78 is 43.9. The Morgan fingerprint density at radius 2 is 0.526 bits per heavy atom. The number of aryl methyl sites for hydroxylation is 6. The Kier molecular flexibility index (Phi) is 21.0. The van der Waals surface area contributed by atoms with Crippen LogP contribution in [0, 0.1) is 31.3 Å². The standard InChI is InChI=1S/C25H25F.2C24H23F/c1-3-5-6-7-20-10-12-21(13-11-20)23-16-17-24(25(26)18-23)22-14-8-19(4-2)9-15-22;1-3-4-5-6-19-9-13-20(14-10-19)22-15-16-23(24(25)17-22)21-11-7-18(2)8-12-21;1-3-4-5-6-19-9-13-21(14-10-19)23-16-15-22(17-24(23)25)20-11-7-18(2)8-12-20/h3,5,8-18H,4,6-7H2,1-2H3;2*3-4,7-17H,5-6H2,1-2H3/b5-3+;2*4-3+. The van der Waals surface area contributed by atoms with E-state index in [9.17, 15) is 13.2 Å². The Balaban J connectivity index is 0.000000166. The number of halogens is 3. The van der Waals surface area contributed by atoms with Crippen LogP contribution in [-0.4, -0.2) is 0 Å². The van der Waals surface area contributed by atoms with Crippen molar-refractivity contribution in [3.05, 3.63) is 287 Å². The summed E-state index contributed by atoms with van der Waals surface area (Å²) in [5.74, 6) is -0.540. The molecule has 0 radical (unpaired) electrons. The van der Waals surface area contributed by atoms with Crippen LogP contribution < -0.4 is 0 Å². The van der Waals surface area contributed by atoms with Crippen molar-refractivity contribution in [2.75, 3.05) is 0 Å². The van der Waals surface area contributed by atoms with E-state index in [1.807, 2.05) is 137 Å². The minimum atomic E-state index is -0.182. The van der Waals surface area contributed by atoms with Gasteiger partial charge in [0.2, 0.25) is 0 Å². The van der Waals surface area contributed by atoms with Crippen molar-refractivity contribution in [3.8, 4) is 66.8 Å². The summed E-state index contributed by atoms with van der Waals surface area (Å²) in [6, 6.07) is 65.8. The maximum atomic E-state index is 14.7. The summed E-state index contributed by atoms with van der Waals surface area (Å²) in [4.78, 5) is 0. The zero-order chi connectivity index (χ0) is 53.7. The lowest BCUT2D eigenvalue weighted by Crippen LogP contribution is -1.88. The normalized spacial score (nSPS) is 11.2. The van der Waals surface area contributed by atoms with E-state index < -0.39 is 0 Å². The summed E-state index contributed by atoms with van der Waals surface area (Å²) in [5.41, 5.74) is 18.1. The third-order valence-corrected chi connectivity index (χ3v) is 13.7. The lowest BCUT2D eigenvalue weighted by Gasteiger charge is -2.08. The summed E-state index contributed by atoms with van der Waals surface area (Å²) in [6.07, 6.45) is 19.9. The first-order valence-corrected chi connectivity index (χ1v) is 26.8. The van der Waals surface area contributed by atoms with Crippen LogP contribution in [0.2, 0.25) is 0 Å². The van der Waals surface area contributed by atoms with Crippen molar-refractivity contribution >= 4 is 0 Å². The molecule has 0 amide bonds. The van der Waals surface area contributed by atoms with Crippen molar-refractivity contribution in [2.45, 2.75) is 86.5 Å². The average Bonchev–Trinajstić information content (AvgIpc) is 3.45. The van der Waals surface area contributed by atoms with E-state index in [0.29, 0.717) is 16.7 Å². The molecule has 0 N–H and O–H groups in total. The zero-order valence-electron chi connectivity index (χ0n) is 45.1. The maximum absolute atomic E-state index is 14.7. The van der Waals surface area contributed by atoms with E-state index in [1.165, 1.54) is 33.4 Å². The van der Waals surface area contributed by atoms with Crippen LogP contribution in [0.5, 0.6) is 0 Å². The third kappa shape index (κ3) is 16.0. The molecule has 0 spiro atoms.